The number of aromatic nitrogens is 2. The van der Waals surface area contributed by atoms with Crippen molar-refractivity contribution in [2.75, 3.05) is 0 Å². The first-order valence-corrected chi connectivity index (χ1v) is 3.12. The predicted molar refractivity (Wildman–Crippen MR) is 33.9 cm³/mol. The average Bonchev–Trinajstić information content (AvgIpc) is 2.44. The summed E-state index contributed by atoms with van der Waals surface area (Å²) >= 11 is 0. The summed E-state index contributed by atoms with van der Waals surface area (Å²) in [5.74, 6) is 0. The highest BCUT2D eigenvalue weighted by atomic mass is 15.3. The molecule has 0 spiro atoms. The third kappa shape index (κ3) is 0.733. The predicted octanol–water partition coefficient (Wildman–Crippen LogP) is 0.155. The van der Waals surface area contributed by atoms with Gasteiger partial charge in [-0.05, 0) is 12.5 Å². The topological polar surface area (TPSA) is 43.8 Å². The van der Waals surface area contributed by atoms with Crippen molar-refractivity contribution in [3.63, 3.8) is 0 Å². The lowest BCUT2D eigenvalue weighted by molar-refractivity contribution is 0.623. The van der Waals surface area contributed by atoms with Crippen molar-refractivity contribution in [1.29, 1.82) is 0 Å². The van der Waals surface area contributed by atoms with Gasteiger partial charge in [0.25, 0.3) is 0 Å². The number of rotatable bonds is 1. The van der Waals surface area contributed by atoms with Gasteiger partial charge in [0.05, 0.1) is 6.04 Å². The van der Waals surface area contributed by atoms with E-state index < -0.39 is 0 Å². The van der Waals surface area contributed by atoms with Crippen LogP contribution in [0.25, 0.3) is 0 Å². The summed E-state index contributed by atoms with van der Waals surface area (Å²) in [6.07, 6.45) is 4.82. The molecule has 0 saturated heterocycles. The van der Waals surface area contributed by atoms with Crippen molar-refractivity contribution in [3.05, 3.63) is 18.5 Å². The lowest BCUT2D eigenvalue weighted by Crippen LogP contribution is -2.06. The molecule has 0 aliphatic heterocycles. The van der Waals surface area contributed by atoms with E-state index in [1.807, 2.05) is 16.9 Å². The first-order chi connectivity index (χ1) is 4.38. The van der Waals surface area contributed by atoms with E-state index in [0.717, 1.165) is 6.42 Å². The van der Waals surface area contributed by atoms with Gasteiger partial charge < -0.3 is 5.73 Å². The van der Waals surface area contributed by atoms with Crippen LogP contribution in [0.3, 0.4) is 0 Å². The Hall–Kier alpha value is -0.830. The quantitative estimate of drug-likeness (QED) is 0.578. The zero-order valence-electron chi connectivity index (χ0n) is 5.07. The fourth-order valence-corrected chi connectivity index (χ4v) is 0.981. The molecule has 1 aliphatic rings. The molecule has 2 atom stereocenters. The van der Waals surface area contributed by atoms with Crippen molar-refractivity contribution >= 4 is 0 Å². The Labute approximate surface area is 53.5 Å². The van der Waals surface area contributed by atoms with Crippen LogP contribution in [-0.4, -0.2) is 15.8 Å². The second-order valence-electron chi connectivity index (χ2n) is 2.45. The van der Waals surface area contributed by atoms with E-state index in [4.69, 9.17) is 5.73 Å². The smallest absolute Gasteiger partial charge is 0.0686 e. The largest absolute Gasteiger partial charge is 0.326 e. The van der Waals surface area contributed by atoms with Crippen molar-refractivity contribution in [2.45, 2.75) is 18.5 Å². The Morgan fingerprint density at radius 1 is 1.67 bits per heavy atom. The molecule has 1 aromatic rings. The SMILES string of the molecule is NC1CC1n1cccn1. The van der Waals surface area contributed by atoms with Gasteiger partial charge in [-0.1, -0.05) is 0 Å². The van der Waals surface area contributed by atoms with Crippen molar-refractivity contribution in [2.24, 2.45) is 5.73 Å². The molecule has 1 heterocycles. The lowest BCUT2D eigenvalue weighted by atomic mass is 10.6. The van der Waals surface area contributed by atoms with Crippen LogP contribution < -0.4 is 5.73 Å². The van der Waals surface area contributed by atoms with Crippen LogP contribution in [0.1, 0.15) is 12.5 Å². The van der Waals surface area contributed by atoms with Gasteiger partial charge in [-0.3, -0.25) is 4.68 Å². The minimum Gasteiger partial charge on any atom is -0.326 e. The van der Waals surface area contributed by atoms with Crippen LogP contribution in [0.2, 0.25) is 0 Å². The van der Waals surface area contributed by atoms with Crippen LogP contribution in [0, 0.1) is 0 Å². The number of nitrogens with two attached hydrogens (primary N) is 1. The molecule has 2 rings (SSSR count). The summed E-state index contributed by atoms with van der Waals surface area (Å²) < 4.78 is 1.92. The Kier molecular flexibility index (Phi) is 0.873. The maximum Gasteiger partial charge on any atom is 0.0686 e. The molecule has 0 amide bonds. The van der Waals surface area contributed by atoms with Crippen LogP contribution in [0.4, 0.5) is 0 Å². The molecule has 1 saturated carbocycles. The van der Waals surface area contributed by atoms with Crippen molar-refractivity contribution in [3.8, 4) is 0 Å². The average molecular weight is 123 g/mol. The summed E-state index contributed by atoms with van der Waals surface area (Å²) in [6, 6.07) is 2.76. The molecular weight excluding hydrogens is 114 g/mol. The van der Waals surface area contributed by atoms with E-state index in [0.29, 0.717) is 12.1 Å². The molecule has 0 radical (unpaired) electrons. The Bertz CT molecular complexity index is 192. The fourth-order valence-electron chi connectivity index (χ4n) is 0.981. The summed E-state index contributed by atoms with van der Waals surface area (Å²) in [7, 11) is 0. The van der Waals surface area contributed by atoms with Gasteiger partial charge in [0.1, 0.15) is 0 Å². The zero-order valence-corrected chi connectivity index (χ0v) is 5.07. The lowest BCUT2D eigenvalue weighted by Gasteiger charge is -1.93. The van der Waals surface area contributed by atoms with Crippen molar-refractivity contribution in [1.82, 2.24) is 9.78 Å². The maximum atomic E-state index is 5.60. The molecule has 48 valence electrons. The molecule has 1 aromatic heterocycles. The molecule has 1 aliphatic carbocycles. The zero-order chi connectivity index (χ0) is 6.27. The first-order valence-electron chi connectivity index (χ1n) is 3.12. The number of hydrogen-bond acceptors (Lipinski definition) is 2. The molecule has 3 heteroatoms. The van der Waals surface area contributed by atoms with Gasteiger partial charge in [-0.25, -0.2) is 0 Å². The summed E-state index contributed by atoms with van der Waals surface area (Å²) in [5.41, 5.74) is 5.60. The van der Waals surface area contributed by atoms with E-state index in [9.17, 15) is 0 Å². The first kappa shape index (κ1) is 4.99. The van der Waals surface area contributed by atoms with Gasteiger partial charge in [0, 0.05) is 18.4 Å². The summed E-state index contributed by atoms with van der Waals surface area (Å²) in [4.78, 5) is 0. The van der Waals surface area contributed by atoms with E-state index in [-0.39, 0.29) is 0 Å². The van der Waals surface area contributed by atoms with Crippen LogP contribution >= 0.6 is 0 Å². The second kappa shape index (κ2) is 1.57. The van der Waals surface area contributed by atoms with Gasteiger partial charge in [0.15, 0.2) is 0 Å². The molecule has 2 unspecified atom stereocenters. The van der Waals surface area contributed by atoms with Crippen LogP contribution in [0.5, 0.6) is 0 Å². The highest BCUT2D eigenvalue weighted by Crippen LogP contribution is 2.32. The minimum atomic E-state index is 0.352. The van der Waals surface area contributed by atoms with Gasteiger partial charge in [-0.15, -0.1) is 0 Å². The second-order valence-corrected chi connectivity index (χ2v) is 2.45. The Morgan fingerprint density at radius 2 is 2.44 bits per heavy atom. The molecule has 1 fully saturated rings. The van der Waals surface area contributed by atoms with Crippen LogP contribution in [-0.2, 0) is 0 Å². The fraction of sp³-hybridized carbons (Fsp3) is 0.500. The maximum absolute atomic E-state index is 5.60. The standard InChI is InChI=1S/C6H9N3/c7-5-4-6(5)9-3-1-2-8-9/h1-3,5-6H,4,7H2. The number of nitrogens with zero attached hydrogens (tertiary/aromatic N) is 2. The van der Waals surface area contributed by atoms with Gasteiger partial charge in [-0.2, -0.15) is 5.10 Å². The molecular formula is C6H9N3. The van der Waals surface area contributed by atoms with E-state index >= 15 is 0 Å². The molecule has 0 bridgehead atoms. The Balaban J connectivity index is 2.18. The van der Waals surface area contributed by atoms with E-state index in [2.05, 4.69) is 5.10 Å². The summed E-state index contributed by atoms with van der Waals surface area (Å²) in [6.45, 7) is 0. The molecule has 3 nitrogen and oxygen atoms in total. The third-order valence-electron chi connectivity index (χ3n) is 1.67. The highest BCUT2D eigenvalue weighted by molar-refractivity contribution is 4.97. The Morgan fingerprint density at radius 3 is 2.89 bits per heavy atom. The highest BCUT2D eigenvalue weighted by Gasteiger charge is 2.35. The van der Waals surface area contributed by atoms with Crippen LogP contribution in [0.15, 0.2) is 18.5 Å². The monoisotopic (exact) mass is 123 g/mol. The molecule has 9 heavy (non-hydrogen) atoms. The van der Waals surface area contributed by atoms with E-state index in [1.54, 1.807) is 6.20 Å². The van der Waals surface area contributed by atoms with Gasteiger partial charge in [0.2, 0.25) is 0 Å². The third-order valence-corrected chi connectivity index (χ3v) is 1.67. The van der Waals surface area contributed by atoms with Crippen molar-refractivity contribution < 1.29 is 0 Å². The molecule has 0 aromatic carbocycles. The normalized spacial score (nSPS) is 32.6. The molecule has 2 N–H and O–H groups in total. The van der Waals surface area contributed by atoms with E-state index in [1.165, 1.54) is 0 Å². The van der Waals surface area contributed by atoms with Gasteiger partial charge >= 0.3 is 0 Å². The minimum absolute atomic E-state index is 0.352. The summed E-state index contributed by atoms with van der Waals surface area (Å²) in [5, 5.41) is 4.07. The number of hydrogen-bond donors (Lipinski definition) is 1.